The molecule has 0 aliphatic heterocycles. The molecule has 1 fully saturated rings. The molecule has 0 heterocycles. The SMILES string of the molecule is CN(CCCN=C(N)NCCc1ccccc1)C1CCCCC1. The third kappa shape index (κ3) is 7.04. The first-order valence-electron chi connectivity index (χ1n) is 9.03. The lowest BCUT2D eigenvalue weighted by molar-refractivity contribution is 0.191. The van der Waals surface area contributed by atoms with Crippen molar-refractivity contribution in [2.24, 2.45) is 10.7 Å². The Bertz CT molecular complexity index is 452. The Labute approximate surface area is 141 Å². The van der Waals surface area contributed by atoms with Crippen molar-refractivity contribution in [2.75, 3.05) is 26.7 Å². The van der Waals surface area contributed by atoms with E-state index >= 15 is 0 Å². The van der Waals surface area contributed by atoms with Crippen molar-refractivity contribution in [3.05, 3.63) is 35.9 Å². The Morgan fingerprint density at radius 3 is 2.70 bits per heavy atom. The number of nitrogens with two attached hydrogens (primary N) is 1. The van der Waals surface area contributed by atoms with Gasteiger partial charge in [-0.2, -0.15) is 0 Å². The third-order valence-electron chi connectivity index (χ3n) is 4.71. The Balaban J connectivity index is 1.55. The monoisotopic (exact) mass is 316 g/mol. The van der Waals surface area contributed by atoms with Crippen molar-refractivity contribution in [2.45, 2.75) is 51.0 Å². The lowest BCUT2D eigenvalue weighted by Gasteiger charge is -2.30. The van der Waals surface area contributed by atoms with E-state index in [1.165, 1.54) is 37.7 Å². The number of benzene rings is 1. The standard InChI is InChI=1S/C19H32N4/c1-23(18-11-6-3-7-12-18)16-8-14-21-19(20)22-15-13-17-9-4-2-5-10-17/h2,4-5,9-10,18H,3,6-8,11-16H2,1H3,(H3,20,21,22). The second kappa shape index (κ2) is 10.3. The summed E-state index contributed by atoms with van der Waals surface area (Å²) in [4.78, 5) is 6.94. The fraction of sp³-hybridized carbons (Fsp3) is 0.632. The number of hydrogen-bond acceptors (Lipinski definition) is 2. The Hall–Kier alpha value is -1.55. The van der Waals surface area contributed by atoms with Gasteiger partial charge in [0.1, 0.15) is 0 Å². The molecule has 4 heteroatoms. The molecule has 1 aromatic carbocycles. The highest BCUT2D eigenvalue weighted by Crippen LogP contribution is 2.21. The minimum Gasteiger partial charge on any atom is -0.370 e. The van der Waals surface area contributed by atoms with E-state index in [1.54, 1.807) is 0 Å². The largest absolute Gasteiger partial charge is 0.370 e. The number of hydrogen-bond donors (Lipinski definition) is 2. The number of aliphatic imine (C=N–C) groups is 1. The highest BCUT2D eigenvalue weighted by Gasteiger charge is 2.16. The Kier molecular flexibility index (Phi) is 7.95. The van der Waals surface area contributed by atoms with Crippen LogP contribution < -0.4 is 11.1 Å². The van der Waals surface area contributed by atoms with Gasteiger partial charge in [0, 0.05) is 19.1 Å². The van der Waals surface area contributed by atoms with E-state index in [1.807, 2.05) is 6.07 Å². The van der Waals surface area contributed by atoms with Crippen LogP contribution in [-0.2, 0) is 6.42 Å². The highest BCUT2D eigenvalue weighted by molar-refractivity contribution is 5.77. The van der Waals surface area contributed by atoms with E-state index in [0.717, 1.165) is 38.5 Å². The fourth-order valence-corrected chi connectivity index (χ4v) is 3.26. The van der Waals surface area contributed by atoms with Gasteiger partial charge in [-0.3, -0.25) is 4.99 Å². The zero-order valence-corrected chi connectivity index (χ0v) is 14.5. The van der Waals surface area contributed by atoms with Crippen molar-refractivity contribution < 1.29 is 0 Å². The summed E-state index contributed by atoms with van der Waals surface area (Å²) in [5.41, 5.74) is 7.24. The summed E-state index contributed by atoms with van der Waals surface area (Å²) >= 11 is 0. The lowest BCUT2D eigenvalue weighted by atomic mass is 9.94. The molecule has 1 saturated carbocycles. The third-order valence-corrected chi connectivity index (χ3v) is 4.71. The van der Waals surface area contributed by atoms with E-state index in [9.17, 15) is 0 Å². The molecule has 128 valence electrons. The molecular weight excluding hydrogens is 284 g/mol. The van der Waals surface area contributed by atoms with E-state index in [4.69, 9.17) is 5.73 Å². The zero-order chi connectivity index (χ0) is 16.3. The Morgan fingerprint density at radius 2 is 1.96 bits per heavy atom. The molecular formula is C19H32N4. The summed E-state index contributed by atoms with van der Waals surface area (Å²) < 4.78 is 0. The van der Waals surface area contributed by atoms with E-state index in [2.05, 4.69) is 46.5 Å². The molecule has 0 atom stereocenters. The number of nitrogens with zero attached hydrogens (tertiary/aromatic N) is 2. The maximum Gasteiger partial charge on any atom is 0.188 e. The fourth-order valence-electron chi connectivity index (χ4n) is 3.26. The summed E-state index contributed by atoms with van der Waals surface area (Å²) in [5.74, 6) is 0.571. The summed E-state index contributed by atoms with van der Waals surface area (Å²) in [6.07, 6.45) is 8.98. The van der Waals surface area contributed by atoms with Crippen molar-refractivity contribution in [3.63, 3.8) is 0 Å². The van der Waals surface area contributed by atoms with Crippen LogP contribution in [0.2, 0.25) is 0 Å². The van der Waals surface area contributed by atoms with Gasteiger partial charge in [-0.1, -0.05) is 49.6 Å². The zero-order valence-electron chi connectivity index (χ0n) is 14.5. The average molecular weight is 316 g/mol. The molecule has 2 rings (SSSR count). The van der Waals surface area contributed by atoms with Gasteiger partial charge in [0.2, 0.25) is 0 Å². The first kappa shape index (κ1) is 17.8. The van der Waals surface area contributed by atoms with Gasteiger partial charge in [0.15, 0.2) is 5.96 Å². The van der Waals surface area contributed by atoms with E-state index in [-0.39, 0.29) is 0 Å². The van der Waals surface area contributed by atoms with E-state index in [0.29, 0.717) is 5.96 Å². The molecule has 4 nitrogen and oxygen atoms in total. The predicted octanol–water partition coefficient (Wildman–Crippen LogP) is 2.79. The van der Waals surface area contributed by atoms with Gasteiger partial charge in [0.25, 0.3) is 0 Å². The minimum atomic E-state index is 0.571. The number of guanidine groups is 1. The molecule has 1 aliphatic carbocycles. The Morgan fingerprint density at radius 1 is 1.22 bits per heavy atom. The van der Waals surface area contributed by atoms with Crippen molar-refractivity contribution >= 4 is 5.96 Å². The maximum atomic E-state index is 5.92. The van der Waals surface area contributed by atoms with Crippen LogP contribution in [0.4, 0.5) is 0 Å². The average Bonchev–Trinajstić information content (AvgIpc) is 2.60. The van der Waals surface area contributed by atoms with Crippen LogP contribution in [0.15, 0.2) is 35.3 Å². The minimum absolute atomic E-state index is 0.571. The van der Waals surface area contributed by atoms with Crippen LogP contribution in [0.5, 0.6) is 0 Å². The highest BCUT2D eigenvalue weighted by atomic mass is 15.1. The van der Waals surface area contributed by atoms with Crippen LogP contribution in [0.25, 0.3) is 0 Å². The van der Waals surface area contributed by atoms with Crippen LogP contribution in [-0.4, -0.2) is 43.6 Å². The molecule has 0 aromatic heterocycles. The summed E-state index contributed by atoms with van der Waals surface area (Å²) in [6.45, 7) is 2.76. The topological polar surface area (TPSA) is 53.6 Å². The van der Waals surface area contributed by atoms with Crippen LogP contribution >= 0.6 is 0 Å². The summed E-state index contributed by atoms with van der Waals surface area (Å²) in [6, 6.07) is 11.2. The smallest absolute Gasteiger partial charge is 0.188 e. The first-order valence-corrected chi connectivity index (χ1v) is 9.03. The lowest BCUT2D eigenvalue weighted by Crippen LogP contribution is -2.35. The second-order valence-corrected chi connectivity index (χ2v) is 6.56. The summed E-state index contributed by atoms with van der Waals surface area (Å²) in [5, 5.41) is 3.20. The van der Waals surface area contributed by atoms with Crippen LogP contribution in [0, 0.1) is 0 Å². The van der Waals surface area contributed by atoms with Gasteiger partial charge < -0.3 is 16.0 Å². The van der Waals surface area contributed by atoms with Gasteiger partial charge in [-0.25, -0.2) is 0 Å². The maximum absolute atomic E-state index is 5.92. The molecule has 0 unspecified atom stereocenters. The molecule has 0 spiro atoms. The molecule has 1 aromatic rings. The van der Waals surface area contributed by atoms with Crippen molar-refractivity contribution in [3.8, 4) is 0 Å². The molecule has 1 aliphatic rings. The van der Waals surface area contributed by atoms with Gasteiger partial charge in [-0.15, -0.1) is 0 Å². The molecule has 0 bridgehead atoms. The van der Waals surface area contributed by atoms with Gasteiger partial charge in [0.05, 0.1) is 0 Å². The normalized spacial score (nSPS) is 16.7. The second-order valence-electron chi connectivity index (χ2n) is 6.56. The van der Waals surface area contributed by atoms with Gasteiger partial charge >= 0.3 is 0 Å². The molecule has 3 N–H and O–H groups in total. The molecule has 0 amide bonds. The summed E-state index contributed by atoms with van der Waals surface area (Å²) in [7, 11) is 2.25. The molecule has 23 heavy (non-hydrogen) atoms. The molecule has 0 saturated heterocycles. The van der Waals surface area contributed by atoms with Crippen LogP contribution in [0.1, 0.15) is 44.1 Å². The van der Waals surface area contributed by atoms with Crippen LogP contribution in [0.3, 0.4) is 0 Å². The van der Waals surface area contributed by atoms with Gasteiger partial charge in [-0.05, 0) is 44.8 Å². The first-order chi connectivity index (χ1) is 11.3. The number of nitrogens with one attached hydrogen (secondary N) is 1. The van der Waals surface area contributed by atoms with Crippen molar-refractivity contribution in [1.82, 2.24) is 10.2 Å². The van der Waals surface area contributed by atoms with E-state index < -0.39 is 0 Å². The van der Waals surface area contributed by atoms with Crippen molar-refractivity contribution in [1.29, 1.82) is 0 Å². The quantitative estimate of drug-likeness (QED) is 0.440. The number of rotatable bonds is 8. The predicted molar refractivity (Wildman–Crippen MR) is 98.8 cm³/mol. The molecule has 0 radical (unpaired) electrons.